The molecule has 10 heavy (non-hydrogen) atoms. The van der Waals surface area contributed by atoms with E-state index in [2.05, 4.69) is 5.32 Å². The van der Waals surface area contributed by atoms with Crippen LogP contribution in [0.2, 0.25) is 0 Å². The maximum Gasteiger partial charge on any atom is 0.323 e. The normalized spacial score (nSPS) is 18.7. The van der Waals surface area contributed by atoms with Gasteiger partial charge in [-0.2, -0.15) is 0 Å². The second-order valence-electron chi connectivity index (χ2n) is 2.14. The van der Waals surface area contributed by atoms with E-state index in [-0.39, 0.29) is 0 Å². The van der Waals surface area contributed by atoms with E-state index in [1.54, 1.807) is 7.05 Å². The zero-order valence-electron chi connectivity index (χ0n) is 6.77. The zero-order valence-corrected chi connectivity index (χ0v) is 6.77. The van der Waals surface area contributed by atoms with Gasteiger partial charge in [-0.25, -0.2) is 0 Å². The number of aliphatic carboxylic acids is 1. The summed E-state index contributed by atoms with van der Waals surface area (Å²) in [6, 6.07) is 0. The Hall–Kier alpha value is -0.570. The number of rotatable bonds is 2. The van der Waals surface area contributed by atoms with Crippen LogP contribution in [0.25, 0.3) is 0 Å². The zero-order chi connectivity index (χ0) is 8.20. The summed E-state index contributed by atoms with van der Waals surface area (Å²) in [5.41, 5.74) is -0.542. The van der Waals surface area contributed by atoms with E-state index in [0.29, 0.717) is 0 Å². The molecule has 60 valence electrons. The van der Waals surface area contributed by atoms with Crippen LogP contribution in [0.15, 0.2) is 0 Å². The third kappa shape index (κ3) is 1.70. The van der Waals surface area contributed by atoms with Gasteiger partial charge >= 0.3 is 5.97 Å². The molecule has 1 aliphatic rings. The second kappa shape index (κ2) is 3.56. The van der Waals surface area contributed by atoms with Crippen molar-refractivity contribution in [3.8, 4) is 0 Å². The molecule has 1 rings (SSSR count). The Morgan fingerprint density at radius 1 is 1.50 bits per heavy atom. The molecule has 0 amide bonds. The number of carboxylic acid groups (broad SMARTS) is 1. The number of hydrogen-bond donors (Lipinski definition) is 2. The molecule has 0 saturated heterocycles. The average molecular weight is 145 g/mol. The molecule has 0 aromatic heterocycles. The third-order valence-corrected chi connectivity index (χ3v) is 1.64. The first-order valence-corrected chi connectivity index (χ1v) is 3.63. The quantitative estimate of drug-likeness (QED) is 0.605. The maximum atomic E-state index is 10.3. The molecule has 0 aromatic rings. The van der Waals surface area contributed by atoms with Gasteiger partial charge < -0.3 is 10.4 Å². The van der Waals surface area contributed by atoms with Gasteiger partial charge in [0.2, 0.25) is 0 Å². The molecule has 0 unspecified atom stereocenters. The Morgan fingerprint density at radius 3 is 1.90 bits per heavy atom. The molecule has 1 saturated carbocycles. The first-order chi connectivity index (χ1) is 4.71. The Labute approximate surface area is 61.4 Å². The van der Waals surface area contributed by atoms with Crippen molar-refractivity contribution < 1.29 is 9.90 Å². The van der Waals surface area contributed by atoms with Crippen LogP contribution in [0.5, 0.6) is 0 Å². The number of hydrogen-bond acceptors (Lipinski definition) is 2. The van der Waals surface area contributed by atoms with Crippen molar-refractivity contribution in [1.82, 2.24) is 5.32 Å². The molecular weight excluding hydrogens is 130 g/mol. The molecule has 1 aliphatic carbocycles. The number of nitrogens with one attached hydrogen (secondary N) is 1. The number of likely N-dealkylation sites (N-methyl/N-ethyl adjacent to an activating group) is 1. The van der Waals surface area contributed by atoms with Crippen molar-refractivity contribution >= 4 is 5.97 Å². The van der Waals surface area contributed by atoms with E-state index in [1.165, 1.54) is 0 Å². The van der Waals surface area contributed by atoms with Crippen molar-refractivity contribution in [2.24, 2.45) is 0 Å². The lowest BCUT2D eigenvalue weighted by atomic mass is 10.3. The highest BCUT2D eigenvalue weighted by Crippen LogP contribution is 2.34. The van der Waals surface area contributed by atoms with Crippen molar-refractivity contribution in [3.05, 3.63) is 0 Å². The highest BCUT2D eigenvalue weighted by molar-refractivity contribution is 5.82. The summed E-state index contributed by atoms with van der Waals surface area (Å²) in [6.45, 7) is 4.00. The fraction of sp³-hybridized carbons (Fsp3) is 0.857. The standard InChI is InChI=1S/C5H9NO2.C2H6/c1-6-5(2-3-5)4(7)8;1-2/h6H,2-3H2,1H3,(H,7,8);1-2H3. The molecular formula is C7H15NO2. The largest absolute Gasteiger partial charge is 0.480 e. The first kappa shape index (κ1) is 9.43. The summed E-state index contributed by atoms with van der Waals surface area (Å²) < 4.78 is 0. The Balaban J connectivity index is 0.000000371. The van der Waals surface area contributed by atoms with Crippen LogP contribution < -0.4 is 5.32 Å². The molecule has 0 bridgehead atoms. The van der Waals surface area contributed by atoms with Crippen LogP contribution in [0, 0.1) is 0 Å². The average Bonchev–Trinajstić information content (AvgIpc) is 2.71. The summed E-state index contributed by atoms with van der Waals surface area (Å²) in [5, 5.41) is 11.2. The second-order valence-corrected chi connectivity index (χ2v) is 2.14. The van der Waals surface area contributed by atoms with Gasteiger partial charge in [0.15, 0.2) is 0 Å². The van der Waals surface area contributed by atoms with Crippen LogP contribution in [0.4, 0.5) is 0 Å². The van der Waals surface area contributed by atoms with Crippen molar-refractivity contribution in [1.29, 1.82) is 0 Å². The topological polar surface area (TPSA) is 49.3 Å². The van der Waals surface area contributed by atoms with Crippen LogP contribution >= 0.6 is 0 Å². The molecule has 0 radical (unpaired) electrons. The SMILES string of the molecule is CC.CNC1(C(=O)O)CC1. The molecule has 1 fully saturated rings. The monoisotopic (exact) mass is 145 g/mol. The Bertz CT molecular complexity index is 119. The van der Waals surface area contributed by atoms with Gasteiger partial charge in [-0.15, -0.1) is 0 Å². The molecule has 0 spiro atoms. The van der Waals surface area contributed by atoms with Crippen molar-refractivity contribution in [2.75, 3.05) is 7.05 Å². The minimum absolute atomic E-state index is 0.542. The number of carboxylic acids is 1. The predicted octanol–water partition coefficient (Wildman–Crippen LogP) is 0.849. The Kier molecular flexibility index (Phi) is 3.36. The van der Waals surface area contributed by atoms with Crippen LogP contribution in [0.3, 0.4) is 0 Å². The number of carbonyl (C=O) groups is 1. The molecule has 3 nitrogen and oxygen atoms in total. The first-order valence-electron chi connectivity index (χ1n) is 3.63. The van der Waals surface area contributed by atoms with Crippen LogP contribution in [-0.4, -0.2) is 23.7 Å². The molecule has 0 atom stereocenters. The van der Waals surface area contributed by atoms with E-state index in [4.69, 9.17) is 5.11 Å². The summed E-state index contributed by atoms with van der Waals surface area (Å²) in [4.78, 5) is 10.3. The lowest BCUT2D eigenvalue weighted by molar-refractivity contribution is -0.140. The van der Waals surface area contributed by atoms with E-state index < -0.39 is 11.5 Å². The lowest BCUT2D eigenvalue weighted by Gasteiger charge is -2.04. The summed E-state index contributed by atoms with van der Waals surface area (Å²) >= 11 is 0. The lowest BCUT2D eigenvalue weighted by Crippen LogP contribution is -2.35. The van der Waals surface area contributed by atoms with Gasteiger partial charge in [-0.05, 0) is 19.9 Å². The van der Waals surface area contributed by atoms with Gasteiger partial charge in [-0.3, -0.25) is 4.79 Å². The minimum Gasteiger partial charge on any atom is -0.480 e. The smallest absolute Gasteiger partial charge is 0.323 e. The fourth-order valence-corrected chi connectivity index (χ4v) is 0.696. The molecule has 0 heterocycles. The fourth-order valence-electron chi connectivity index (χ4n) is 0.696. The summed E-state index contributed by atoms with van der Waals surface area (Å²) in [6.07, 6.45) is 1.55. The van der Waals surface area contributed by atoms with E-state index in [0.717, 1.165) is 12.8 Å². The van der Waals surface area contributed by atoms with Crippen LogP contribution in [0.1, 0.15) is 26.7 Å². The minimum atomic E-state index is -0.722. The molecule has 2 N–H and O–H groups in total. The highest BCUT2D eigenvalue weighted by Gasteiger charge is 2.48. The van der Waals surface area contributed by atoms with Crippen LogP contribution in [-0.2, 0) is 4.79 Å². The van der Waals surface area contributed by atoms with Gasteiger partial charge in [-0.1, -0.05) is 13.8 Å². The molecule has 3 heteroatoms. The van der Waals surface area contributed by atoms with E-state index in [1.807, 2.05) is 13.8 Å². The maximum absolute atomic E-state index is 10.3. The Morgan fingerprint density at radius 2 is 1.90 bits per heavy atom. The summed E-state index contributed by atoms with van der Waals surface area (Å²) in [5.74, 6) is -0.722. The van der Waals surface area contributed by atoms with E-state index >= 15 is 0 Å². The van der Waals surface area contributed by atoms with Crippen molar-refractivity contribution in [2.45, 2.75) is 32.2 Å². The molecule has 0 aromatic carbocycles. The predicted molar refractivity (Wildman–Crippen MR) is 40.0 cm³/mol. The highest BCUT2D eigenvalue weighted by atomic mass is 16.4. The molecule has 0 aliphatic heterocycles. The van der Waals surface area contributed by atoms with Gasteiger partial charge in [0.1, 0.15) is 5.54 Å². The summed E-state index contributed by atoms with van der Waals surface area (Å²) in [7, 11) is 1.68. The van der Waals surface area contributed by atoms with E-state index in [9.17, 15) is 4.79 Å². The van der Waals surface area contributed by atoms with Gasteiger partial charge in [0.05, 0.1) is 0 Å². The van der Waals surface area contributed by atoms with Gasteiger partial charge in [0, 0.05) is 0 Å². The van der Waals surface area contributed by atoms with Gasteiger partial charge in [0.25, 0.3) is 0 Å². The third-order valence-electron chi connectivity index (χ3n) is 1.64. The van der Waals surface area contributed by atoms with Crippen molar-refractivity contribution in [3.63, 3.8) is 0 Å².